The quantitative estimate of drug-likeness (QED) is 0.539. The maximum atomic E-state index is 11.7. The third-order valence-corrected chi connectivity index (χ3v) is 4.08. The molecule has 2 N–H and O–H groups in total. The van der Waals surface area contributed by atoms with Crippen molar-refractivity contribution in [3.63, 3.8) is 0 Å². The van der Waals surface area contributed by atoms with E-state index in [2.05, 4.69) is 16.7 Å². The fourth-order valence-corrected chi connectivity index (χ4v) is 2.71. The lowest BCUT2D eigenvalue weighted by Gasteiger charge is -2.13. The molecule has 7 nitrogen and oxygen atoms in total. The molecule has 0 aliphatic heterocycles. The van der Waals surface area contributed by atoms with E-state index in [1.807, 2.05) is 19.1 Å². The number of allylic oxidation sites excluding steroid dienone is 1. The normalized spacial score (nSPS) is 13.3. The van der Waals surface area contributed by atoms with Crippen LogP contribution in [0.2, 0.25) is 0 Å². The van der Waals surface area contributed by atoms with E-state index >= 15 is 0 Å². The lowest BCUT2D eigenvalue weighted by molar-refractivity contribution is -0.150. The van der Waals surface area contributed by atoms with E-state index in [0.717, 1.165) is 24.8 Å². The molecule has 0 bridgehead atoms. The van der Waals surface area contributed by atoms with Crippen molar-refractivity contribution in [1.82, 2.24) is 10.6 Å². The molecule has 0 atom stereocenters. The highest BCUT2D eigenvalue weighted by Crippen LogP contribution is 2.19. The summed E-state index contributed by atoms with van der Waals surface area (Å²) in [6, 6.07) is 6.64. The molecule has 0 saturated heterocycles. The zero-order chi connectivity index (χ0) is 19.5. The molecule has 3 amide bonds. The molecule has 0 radical (unpaired) electrons. The minimum Gasteiger partial charge on any atom is -0.482 e. The number of amides is 3. The number of hydrogen-bond donors (Lipinski definition) is 2. The lowest BCUT2D eigenvalue weighted by Crippen LogP contribution is -2.42. The maximum Gasteiger partial charge on any atom is 0.344 e. The Morgan fingerprint density at radius 3 is 2.74 bits per heavy atom. The van der Waals surface area contributed by atoms with Crippen molar-refractivity contribution in [2.45, 2.75) is 39.0 Å². The molecule has 7 heteroatoms. The Kier molecular flexibility index (Phi) is 8.35. The van der Waals surface area contributed by atoms with Gasteiger partial charge in [-0.15, -0.1) is 0 Å². The van der Waals surface area contributed by atoms with E-state index in [0.29, 0.717) is 12.3 Å². The van der Waals surface area contributed by atoms with Crippen LogP contribution in [0.25, 0.3) is 0 Å². The molecule has 0 aromatic heterocycles. The second-order valence-corrected chi connectivity index (χ2v) is 6.43. The average Bonchev–Trinajstić information content (AvgIpc) is 2.65. The van der Waals surface area contributed by atoms with Crippen LogP contribution in [-0.2, 0) is 14.3 Å². The molecule has 0 heterocycles. The second kappa shape index (κ2) is 11.0. The summed E-state index contributed by atoms with van der Waals surface area (Å²) in [7, 11) is 0. The van der Waals surface area contributed by atoms with Gasteiger partial charge < -0.3 is 14.8 Å². The molecule has 2 rings (SSSR count). The van der Waals surface area contributed by atoms with Gasteiger partial charge >= 0.3 is 12.0 Å². The van der Waals surface area contributed by atoms with Crippen LogP contribution < -0.4 is 15.4 Å². The third kappa shape index (κ3) is 8.40. The SMILES string of the molecule is Cc1cccc(OCC(=O)OCC(=O)NC(=O)NCCC2=CCCCC2)c1. The van der Waals surface area contributed by atoms with E-state index in [4.69, 9.17) is 9.47 Å². The topological polar surface area (TPSA) is 93.7 Å². The molecule has 27 heavy (non-hydrogen) atoms. The first-order valence-corrected chi connectivity index (χ1v) is 9.13. The molecule has 1 aromatic rings. The molecular formula is C20H26N2O5. The summed E-state index contributed by atoms with van der Waals surface area (Å²) in [5, 5.41) is 4.75. The smallest absolute Gasteiger partial charge is 0.344 e. The Morgan fingerprint density at radius 2 is 2.00 bits per heavy atom. The van der Waals surface area contributed by atoms with E-state index < -0.39 is 24.5 Å². The van der Waals surface area contributed by atoms with E-state index in [-0.39, 0.29) is 6.61 Å². The average molecular weight is 374 g/mol. The summed E-state index contributed by atoms with van der Waals surface area (Å²) in [5.41, 5.74) is 2.35. The van der Waals surface area contributed by atoms with Crippen LogP contribution in [-0.4, -0.2) is 37.7 Å². The molecule has 1 aliphatic rings. The van der Waals surface area contributed by atoms with E-state index in [1.54, 1.807) is 12.1 Å². The van der Waals surface area contributed by atoms with Crippen molar-refractivity contribution in [1.29, 1.82) is 0 Å². The largest absolute Gasteiger partial charge is 0.482 e. The van der Waals surface area contributed by atoms with Crippen LogP contribution in [0.4, 0.5) is 4.79 Å². The van der Waals surface area contributed by atoms with Gasteiger partial charge in [0.2, 0.25) is 0 Å². The molecular weight excluding hydrogens is 348 g/mol. The Morgan fingerprint density at radius 1 is 1.15 bits per heavy atom. The van der Waals surface area contributed by atoms with Crippen LogP contribution >= 0.6 is 0 Å². The number of carbonyl (C=O) groups is 3. The summed E-state index contributed by atoms with van der Waals surface area (Å²) in [5.74, 6) is -0.826. The fourth-order valence-electron chi connectivity index (χ4n) is 2.71. The lowest BCUT2D eigenvalue weighted by atomic mass is 9.97. The predicted molar refractivity (Wildman–Crippen MR) is 100 cm³/mol. The van der Waals surface area contributed by atoms with Crippen LogP contribution in [0.3, 0.4) is 0 Å². The second-order valence-electron chi connectivity index (χ2n) is 6.43. The molecule has 0 fully saturated rings. The summed E-state index contributed by atoms with van der Waals surface area (Å²) in [6.45, 7) is 1.54. The van der Waals surface area contributed by atoms with Crippen molar-refractivity contribution in [3.05, 3.63) is 41.5 Å². The van der Waals surface area contributed by atoms with Crippen molar-refractivity contribution >= 4 is 17.9 Å². The van der Waals surface area contributed by atoms with Gasteiger partial charge in [-0.2, -0.15) is 0 Å². The Bertz CT molecular complexity index is 699. The Balaban J connectivity index is 1.57. The van der Waals surface area contributed by atoms with E-state index in [9.17, 15) is 14.4 Å². The number of carbonyl (C=O) groups excluding carboxylic acids is 3. The van der Waals surface area contributed by atoms with Gasteiger partial charge in [0.25, 0.3) is 5.91 Å². The third-order valence-electron chi connectivity index (χ3n) is 4.08. The van der Waals surface area contributed by atoms with Gasteiger partial charge in [-0.05, 0) is 56.7 Å². The molecule has 0 spiro atoms. The molecule has 1 aromatic carbocycles. The number of ether oxygens (including phenoxy) is 2. The first kappa shape index (κ1) is 20.5. The Labute approximate surface area is 159 Å². The van der Waals surface area contributed by atoms with Gasteiger partial charge in [-0.3, -0.25) is 10.1 Å². The highest BCUT2D eigenvalue weighted by molar-refractivity contribution is 5.95. The zero-order valence-corrected chi connectivity index (χ0v) is 15.6. The Hall–Kier alpha value is -2.83. The molecule has 146 valence electrons. The predicted octanol–water partition coefficient (Wildman–Crippen LogP) is 2.63. The number of imide groups is 1. The number of aryl methyl sites for hydroxylation is 1. The zero-order valence-electron chi connectivity index (χ0n) is 15.6. The highest BCUT2D eigenvalue weighted by atomic mass is 16.6. The minimum absolute atomic E-state index is 0.307. The van der Waals surface area contributed by atoms with Gasteiger partial charge in [0.05, 0.1) is 0 Å². The maximum absolute atomic E-state index is 11.7. The fraction of sp³-hybridized carbons (Fsp3) is 0.450. The minimum atomic E-state index is -0.687. The van der Waals surface area contributed by atoms with Gasteiger partial charge in [-0.25, -0.2) is 9.59 Å². The summed E-state index contributed by atoms with van der Waals surface area (Å²) in [6.07, 6.45) is 7.58. The summed E-state index contributed by atoms with van der Waals surface area (Å²) >= 11 is 0. The van der Waals surface area contributed by atoms with Gasteiger partial charge in [0, 0.05) is 6.54 Å². The first-order chi connectivity index (χ1) is 13.0. The van der Waals surface area contributed by atoms with Crippen LogP contribution in [0, 0.1) is 6.92 Å². The standard InChI is InChI=1S/C20H26N2O5/c1-15-6-5-9-17(12-15)26-14-19(24)27-13-18(23)22-20(25)21-11-10-16-7-3-2-4-8-16/h5-7,9,12H,2-4,8,10-11,13-14H2,1H3,(H2,21,22,23,25). The van der Waals surface area contributed by atoms with Gasteiger partial charge in [-0.1, -0.05) is 23.8 Å². The van der Waals surface area contributed by atoms with Crippen LogP contribution in [0.5, 0.6) is 5.75 Å². The molecule has 1 aliphatic carbocycles. The number of nitrogens with one attached hydrogen (secondary N) is 2. The number of benzene rings is 1. The monoisotopic (exact) mass is 374 g/mol. The molecule has 0 saturated carbocycles. The highest BCUT2D eigenvalue weighted by Gasteiger charge is 2.12. The van der Waals surface area contributed by atoms with Crippen LogP contribution in [0.1, 0.15) is 37.7 Å². The van der Waals surface area contributed by atoms with E-state index in [1.165, 1.54) is 18.4 Å². The van der Waals surface area contributed by atoms with Gasteiger partial charge in [0.1, 0.15) is 5.75 Å². The number of rotatable bonds is 8. The summed E-state index contributed by atoms with van der Waals surface area (Å²) < 4.78 is 10.1. The molecule has 0 unspecified atom stereocenters. The number of urea groups is 1. The summed E-state index contributed by atoms with van der Waals surface area (Å²) in [4.78, 5) is 34.9. The number of esters is 1. The first-order valence-electron chi connectivity index (χ1n) is 9.13. The van der Waals surface area contributed by atoms with Crippen molar-refractivity contribution < 1.29 is 23.9 Å². The van der Waals surface area contributed by atoms with Crippen molar-refractivity contribution in [3.8, 4) is 5.75 Å². The van der Waals surface area contributed by atoms with Crippen LogP contribution in [0.15, 0.2) is 35.9 Å². The van der Waals surface area contributed by atoms with Crippen molar-refractivity contribution in [2.24, 2.45) is 0 Å². The van der Waals surface area contributed by atoms with Crippen molar-refractivity contribution in [2.75, 3.05) is 19.8 Å². The van der Waals surface area contributed by atoms with Gasteiger partial charge in [0.15, 0.2) is 13.2 Å². The number of hydrogen-bond acceptors (Lipinski definition) is 5.